The molecule has 0 aromatic heterocycles. The summed E-state index contributed by atoms with van der Waals surface area (Å²) in [6.45, 7) is 2.27. The van der Waals surface area contributed by atoms with E-state index in [-0.39, 0.29) is 24.1 Å². The first kappa shape index (κ1) is 18.6. The Labute approximate surface area is 157 Å². The molecule has 7 heteroatoms. The highest BCUT2D eigenvalue weighted by Gasteiger charge is 2.22. The summed E-state index contributed by atoms with van der Waals surface area (Å²) in [5, 5.41) is 2.79. The zero-order chi connectivity index (χ0) is 19.2. The molecule has 3 rings (SSSR count). The van der Waals surface area contributed by atoms with Gasteiger partial charge in [-0.1, -0.05) is 30.3 Å². The predicted molar refractivity (Wildman–Crippen MR) is 97.3 cm³/mol. The van der Waals surface area contributed by atoms with Crippen LogP contribution in [0.15, 0.2) is 42.5 Å². The van der Waals surface area contributed by atoms with Crippen LogP contribution in [-0.4, -0.2) is 38.8 Å². The largest absolute Gasteiger partial charge is 0.493 e. The molecule has 2 aromatic carbocycles. The lowest BCUT2D eigenvalue weighted by atomic mass is 10.1. The van der Waals surface area contributed by atoms with Crippen molar-refractivity contribution in [3.8, 4) is 17.2 Å². The van der Waals surface area contributed by atoms with Crippen molar-refractivity contribution in [3.63, 3.8) is 0 Å². The Bertz CT molecular complexity index is 803. The molecule has 1 amide bonds. The molecule has 1 heterocycles. The smallest absolute Gasteiger partial charge is 0.338 e. The average Bonchev–Trinajstić information content (AvgIpc) is 2.71. The van der Waals surface area contributed by atoms with Crippen LogP contribution >= 0.6 is 0 Å². The van der Waals surface area contributed by atoms with E-state index in [9.17, 15) is 9.59 Å². The summed E-state index contributed by atoms with van der Waals surface area (Å²) in [6.07, 6.45) is 0. The zero-order valence-corrected chi connectivity index (χ0v) is 15.2. The Morgan fingerprint density at radius 2 is 1.89 bits per heavy atom. The van der Waals surface area contributed by atoms with E-state index in [1.165, 1.54) is 19.2 Å². The van der Waals surface area contributed by atoms with Crippen LogP contribution in [0.1, 0.15) is 28.9 Å². The maximum Gasteiger partial charge on any atom is 0.338 e. The SMILES string of the molecule is COc1cc(C(=O)OCC(=O)N[C@H](C)c2ccccc2)cc2c1OCCO2. The van der Waals surface area contributed by atoms with Crippen molar-refractivity contribution in [1.82, 2.24) is 5.32 Å². The van der Waals surface area contributed by atoms with Gasteiger partial charge in [0.05, 0.1) is 18.7 Å². The van der Waals surface area contributed by atoms with E-state index in [2.05, 4.69) is 5.32 Å². The number of esters is 1. The molecular formula is C20H21NO6. The number of hydrogen-bond acceptors (Lipinski definition) is 6. The molecule has 0 saturated carbocycles. The van der Waals surface area contributed by atoms with Gasteiger partial charge in [0.15, 0.2) is 18.1 Å². The number of carbonyl (C=O) groups excluding carboxylic acids is 2. The number of hydrogen-bond donors (Lipinski definition) is 1. The number of amides is 1. The number of carbonyl (C=O) groups is 2. The minimum absolute atomic E-state index is 0.188. The standard InChI is InChI=1S/C20H21NO6/c1-13(14-6-4-3-5-7-14)21-18(22)12-27-20(23)15-10-16(24-2)19-17(11-15)25-8-9-26-19/h3-7,10-11,13H,8-9,12H2,1-2H3,(H,21,22)/t13-/m1/s1. The summed E-state index contributed by atoms with van der Waals surface area (Å²) in [5.74, 6) is 0.211. The molecule has 1 atom stereocenters. The van der Waals surface area contributed by atoms with E-state index in [1.54, 1.807) is 0 Å². The Balaban J connectivity index is 1.60. The Morgan fingerprint density at radius 1 is 1.15 bits per heavy atom. The second kappa shape index (κ2) is 8.44. The fourth-order valence-corrected chi connectivity index (χ4v) is 2.71. The topological polar surface area (TPSA) is 83.1 Å². The lowest BCUT2D eigenvalue weighted by Gasteiger charge is -2.21. The van der Waals surface area contributed by atoms with Crippen molar-refractivity contribution in [1.29, 1.82) is 0 Å². The van der Waals surface area contributed by atoms with Gasteiger partial charge in [-0.25, -0.2) is 4.79 Å². The van der Waals surface area contributed by atoms with E-state index in [0.29, 0.717) is 30.5 Å². The Morgan fingerprint density at radius 3 is 2.63 bits per heavy atom. The number of nitrogens with one attached hydrogen (secondary N) is 1. The third kappa shape index (κ3) is 4.49. The summed E-state index contributed by atoms with van der Waals surface area (Å²) in [7, 11) is 1.47. The molecule has 7 nitrogen and oxygen atoms in total. The maximum atomic E-state index is 12.3. The molecule has 0 fully saturated rings. The lowest BCUT2D eigenvalue weighted by Crippen LogP contribution is -2.31. The fraction of sp³-hybridized carbons (Fsp3) is 0.300. The van der Waals surface area contributed by atoms with Crippen LogP contribution in [-0.2, 0) is 9.53 Å². The normalized spacial score (nSPS) is 13.4. The quantitative estimate of drug-likeness (QED) is 0.786. The highest BCUT2D eigenvalue weighted by atomic mass is 16.6. The third-order valence-electron chi connectivity index (χ3n) is 4.08. The summed E-state index contributed by atoms with van der Waals surface area (Å²) in [6, 6.07) is 12.4. The highest BCUT2D eigenvalue weighted by Crippen LogP contribution is 2.40. The van der Waals surface area contributed by atoms with Gasteiger partial charge in [-0.2, -0.15) is 0 Å². The van der Waals surface area contributed by atoms with Crippen LogP contribution in [0.25, 0.3) is 0 Å². The summed E-state index contributed by atoms with van der Waals surface area (Å²) in [5.41, 5.74) is 1.19. The van der Waals surface area contributed by atoms with Crippen molar-refractivity contribution in [3.05, 3.63) is 53.6 Å². The molecule has 0 bridgehead atoms. The summed E-state index contributed by atoms with van der Waals surface area (Å²) >= 11 is 0. The van der Waals surface area contributed by atoms with E-state index in [0.717, 1.165) is 5.56 Å². The minimum Gasteiger partial charge on any atom is -0.493 e. The maximum absolute atomic E-state index is 12.3. The van der Waals surface area contributed by atoms with Gasteiger partial charge < -0.3 is 24.3 Å². The number of ether oxygens (including phenoxy) is 4. The van der Waals surface area contributed by atoms with E-state index in [4.69, 9.17) is 18.9 Å². The molecule has 0 spiro atoms. The molecule has 142 valence electrons. The lowest BCUT2D eigenvalue weighted by molar-refractivity contribution is -0.124. The van der Waals surface area contributed by atoms with Gasteiger partial charge in [0.25, 0.3) is 5.91 Å². The second-order valence-corrected chi connectivity index (χ2v) is 5.98. The molecule has 1 aliphatic rings. The van der Waals surface area contributed by atoms with Crippen LogP contribution in [0.5, 0.6) is 17.2 Å². The predicted octanol–water partition coefficient (Wildman–Crippen LogP) is 2.50. The second-order valence-electron chi connectivity index (χ2n) is 5.98. The first-order valence-electron chi connectivity index (χ1n) is 8.57. The Kier molecular flexibility index (Phi) is 5.80. The molecule has 27 heavy (non-hydrogen) atoms. The number of benzene rings is 2. The van der Waals surface area contributed by atoms with Crippen LogP contribution in [0, 0.1) is 0 Å². The van der Waals surface area contributed by atoms with Crippen molar-refractivity contribution in [2.45, 2.75) is 13.0 Å². The molecule has 0 aliphatic carbocycles. The Hall–Kier alpha value is -3.22. The van der Waals surface area contributed by atoms with Crippen LogP contribution < -0.4 is 19.5 Å². The molecular weight excluding hydrogens is 350 g/mol. The van der Waals surface area contributed by atoms with E-state index >= 15 is 0 Å². The highest BCUT2D eigenvalue weighted by molar-refractivity contribution is 5.92. The molecule has 0 unspecified atom stereocenters. The first-order chi connectivity index (χ1) is 13.1. The zero-order valence-electron chi connectivity index (χ0n) is 15.2. The van der Waals surface area contributed by atoms with Gasteiger partial charge in [0.1, 0.15) is 13.2 Å². The molecule has 2 aromatic rings. The minimum atomic E-state index is -0.646. The van der Waals surface area contributed by atoms with Gasteiger partial charge >= 0.3 is 5.97 Å². The van der Waals surface area contributed by atoms with Gasteiger partial charge in [0, 0.05) is 0 Å². The van der Waals surface area contributed by atoms with Gasteiger partial charge in [0.2, 0.25) is 5.75 Å². The summed E-state index contributed by atoms with van der Waals surface area (Å²) < 4.78 is 21.3. The molecule has 0 radical (unpaired) electrons. The van der Waals surface area contributed by atoms with Gasteiger partial charge in [-0.3, -0.25) is 4.79 Å². The number of rotatable bonds is 6. The van der Waals surface area contributed by atoms with Gasteiger partial charge in [-0.05, 0) is 24.6 Å². The van der Waals surface area contributed by atoms with Crippen molar-refractivity contribution in [2.24, 2.45) is 0 Å². The monoisotopic (exact) mass is 371 g/mol. The van der Waals surface area contributed by atoms with Crippen LogP contribution in [0.2, 0.25) is 0 Å². The van der Waals surface area contributed by atoms with Crippen molar-refractivity contribution < 1.29 is 28.5 Å². The van der Waals surface area contributed by atoms with E-state index < -0.39 is 5.97 Å². The molecule has 1 aliphatic heterocycles. The third-order valence-corrected chi connectivity index (χ3v) is 4.08. The number of fused-ring (bicyclic) bond motifs is 1. The average molecular weight is 371 g/mol. The van der Waals surface area contributed by atoms with Crippen LogP contribution in [0.4, 0.5) is 0 Å². The molecule has 0 saturated heterocycles. The fourth-order valence-electron chi connectivity index (χ4n) is 2.71. The van der Waals surface area contributed by atoms with Crippen LogP contribution in [0.3, 0.4) is 0 Å². The van der Waals surface area contributed by atoms with Gasteiger partial charge in [-0.15, -0.1) is 0 Å². The number of methoxy groups -OCH3 is 1. The van der Waals surface area contributed by atoms with Crippen molar-refractivity contribution >= 4 is 11.9 Å². The van der Waals surface area contributed by atoms with E-state index in [1.807, 2.05) is 37.3 Å². The first-order valence-corrected chi connectivity index (χ1v) is 8.57. The summed E-state index contributed by atoms with van der Waals surface area (Å²) in [4.78, 5) is 24.4. The van der Waals surface area contributed by atoms with Crippen molar-refractivity contribution in [2.75, 3.05) is 26.9 Å². The molecule has 1 N–H and O–H groups in total.